The molecule has 0 aliphatic carbocycles. The van der Waals surface area contributed by atoms with Crippen molar-refractivity contribution in [2.24, 2.45) is 5.92 Å². The monoisotopic (exact) mass is 353 g/mol. The lowest BCUT2D eigenvalue weighted by Gasteiger charge is -2.36. The molecule has 1 aromatic rings. The maximum Gasteiger partial charge on any atom is 0.260 e. The van der Waals surface area contributed by atoms with Crippen molar-refractivity contribution in [2.45, 2.75) is 12.8 Å². The molecule has 1 atom stereocenters. The van der Waals surface area contributed by atoms with Gasteiger partial charge in [0.2, 0.25) is 5.91 Å². The maximum atomic E-state index is 12.6. The van der Waals surface area contributed by atoms with Crippen LogP contribution in [-0.2, 0) is 9.53 Å². The highest BCUT2D eigenvalue weighted by Gasteiger charge is 2.32. The second kappa shape index (κ2) is 7.36. The molecule has 0 saturated carbocycles. The summed E-state index contributed by atoms with van der Waals surface area (Å²) in [6.45, 7) is 3.17. The number of nitrogens with one attached hydrogen (secondary N) is 1. The van der Waals surface area contributed by atoms with Crippen molar-refractivity contribution in [1.29, 1.82) is 0 Å². The number of hydrogen-bond donors (Lipinski definition) is 1. The van der Waals surface area contributed by atoms with Crippen molar-refractivity contribution in [1.82, 2.24) is 14.8 Å². The lowest BCUT2D eigenvalue weighted by atomic mass is 9.95. The molecule has 2 amide bonds. The van der Waals surface area contributed by atoms with E-state index in [1.165, 1.54) is 12.3 Å². The summed E-state index contributed by atoms with van der Waals surface area (Å²) in [6, 6.07) is 1.37. The van der Waals surface area contributed by atoms with Crippen LogP contribution in [0, 0.1) is 5.92 Å². The number of nitrogens with zero attached hydrogens (tertiary/aromatic N) is 2. The summed E-state index contributed by atoms with van der Waals surface area (Å²) in [6.07, 6.45) is 2.85. The molecule has 0 unspecified atom stereocenters. The Morgan fingerprint density at radius 2 is 1.96 bits per heavy atom. The summed E-state index contributed by atoms with van der Waals surface area (Å²) < 4.78 is 5.27. The lowest BCUT2D eigenvalue weighted by Crippen LogP contribution is -2.50. The predicted molar refractivity (Wildman–Crippen MR) is 88.1 cm³/mol. The molecule has 0 bridgehead atoms. The van der Waals surface area contributed by atoms with Gasteiger partial charge in [0.05, 0.1) is 24.2 Å². The SMILES string of the molecule is O=C(c1cc(Cl)c[nH]c1=O)N1CCC[C@H](C(=O)N2CCOCC2)C1. The van der Waals surface area contributed by atoms with Gasteiger partial charge >= 0.3 is 0 Å². The molecule has 0 radical (unpaired) electrons. The average molecular weight is 354 g/mol. The van der Waals surface area contributed by atoms with Crippen molar-refractivity contribution in [3.8, 4) is 0 Å². The summed E-state index contributed by atoms with van der Waals surface area (Å²) in [7, 11) is 0. The number of H-pyrrole nitrogens is 1. The van der Waals surface area contributed by atoms with Gasteiger partial charge < -0.3 is 19.5 Å². The first kappa shape index (κ1) is 17.0. The number of aromatic amines is 1. The number of amides is 2. The second-order valence-electron chi connectivity index (χ2n) is 6.09. The Morgan fingerprint density at radius 3 is 2.71 bits per heavy atom. The number of morpholine rings is 1. The van der Waals surface area contributed by atoms with Gasteiger partial charge in [0.1, 0.15) is 5.56 Å². The Morgan fingerprint density at radius 1 is 1.21 bits per heavy atom. The molecule has 2 aliphatic rings. The zero-order chi connectivity index (χ0) is 17.1. The van der Waals surface area contributed by atoms with Gasteiger partial charge in [-0.2, -0.15) is 0 Å². The quantitative estimate of drug-likeness (QED) is 0.850. The smallest absolute Gasteiger partial charge is 0.260 e. The number of carbonyl (C=O) groups excluding carboxylic acids is 2. The number of likely N-dealkylation sites (tertiary alicyclic amines) is 1. The molecule has 130 valence electrons. The molecule has 0 aromatic carbocycles. The summed E-state index contributed by atoms with van der Waals surface area (Å²) in [5.41, 5.74) is -0.451. The van der Waals surface area contributed by atoms with E-state index in [2.05, 4.69) is 4.98 Å². The van der Waals surface area contributed by atoms with E-state index in [4.69, 9.17) is 16.3 Å². The van der Waals surface area contributed by atoms with Crippen molar-refractivity contribution in [2.75, 3.05) is 39.4 Å². The normalized spacial score (nSPS) is 21.6. The topological polar surface area (TPSA) is 82.7 Å². The van der Waals surface area contributed by atoms with Crippen LogP contribution in [-0.4, -0.2) is 66.0 Å². The fraction of sp³-hybridized carbons (Fsp3) is 0.562. The van der Waals surface area contributed by atoms with Gasteiger partial charge in [-0.05, 0) is 18.9 Å². The van der Waals surface area contributed by atoms with E-state index in [9.17, 15) is 14.4 Å². The summed E-state index contributed by atoms with van der Waals surface area (Å²) >= 11 is 5.87. The van der Waals surface area contributed by atoms with E-state index in [1.54, 1.807) is 9.80 Å². The number of carbonyl (C=O) groups is 2. The van der Waals surface area contributed by atoms with E-state index < -0.39 is 5.56 Å². The van der Waals surface area contributed by atoms with Crippen molar-refractivity contribution >= 4 is 23.4 Å². The van der Waals surface area contributed by atoms with Gasteiger partial charge in [-0.3, -0.25) is 14.4 Å². The molecule has 8 heteroatoms. The number of aromatic nitrogens is 1. The minimum atomic E-state index is -0.467. The largest absolute Gasteiger partial charge is 0.378 e. The molecule has 24 heavy (non-hydrogen) atoms. The Labute approximate surface area is 144 Å². The minimum absolute atomic E-state index is 0.0157. The lowest BCUT2D eigenvalue weighted by molar-refractivity contribution is -0.141. The van der Waals surface area contributed by atoms with Gasteiger partial charge in [0.25, 0.3) is 11.5 Å². The number of ether oxygens (including phenoxy) is 1. The molecule has 3 heterocycles. The Balaban J connectivity index is 1.70. The number of halogens is 1. The van der Waals surface area contributed by atoms with Gasteiger partial charge in [0, 0.05) is 32.4 Å². The minimum Gasteiger partial charge on any atom is -0.378 e. The second-order valence-corrected chi connectivity index (χ2v) is 6.53. The van der Waals surface area contributed by atoms with Crippen LogP contribution in [0.5, 0.6) is 0 Å². The Hall–Kier alpha value is -1.86. The first-order valence-corrected chi connectivity index (χ1v) is 8.48. The van der Waals surface area contributed by atoms with Crippen LogP contribution in [0.4, 0.5) is 0 Å². The molecule has 3 rings (SSSR count). The summed E-state index contributed by atoms with van der Waals surface area (Å²) in [5.74, 6) is -0.534. The zero-order valence-corrected chi connectivity index (χ0v) is 14.1. The Kier molecular flexibility index (Phi) is 5.20. The molecule has 1 N–H and O–H groups in total. The van der Waals surface area contributed by atoms with Gasteiger partial charge in [0.15, 0.2) is 0 Å². The van der Waals surface area contributed by atoms with Gasteiger partial charge in [-0.25, -0.2) is 0 Å². The van der Waals surface area contributed by atoms with E-state index in [0.29, 0.717) is 44.4 Å². The van der Waals surface area contributed by atoms with Crippen LogP contribution in [0.25, 0.3) is 0 Å². The average Bonchev–Trinajstić information content (AvgIpc) is 2.63. The fourth-order valence-corrected chi connectivity index (χ4v) is 3.36. The van der Waals surface area contributed by atoms with Crippen molar-refractivity contribution in [3.05, 3.63) is 33.2 Å². The van der Waals surface area contributed by atoms with Crippen molar-refractivity contribution in [3.63, 3.8) is 0 Å². The van der Waals surface area contributed by atoms with Crippen LogP contribution in [0.1, 0.15) is 23.2 Å². The van der Waals surface area contributed by atoms with Crippen LogP contribution in [0.2, 0.25) is 5.02 Å². The maximum absolute atomic E-state index is 12.6. The number of piperidine rings is 1. The predicted octanol–water partition coefficient (Wildman–Crippen LogP) is 0.739. The molecule has 2 aliphatic heterocycles. The molecule has 2 fully saturated rings. The van der Waals surface area contributed by atoms with Crippen LogP contribution in [0.3, 0.4) is 0 Å². The molecular weight excluding hydrogens is 334 g/mol. The molecule has 0 spiro atoms. The zero-order valence-electron chi connectivity index (χ0n) is 13.3. The third kappa shape index (κ3) is 3.62. The van der Waals surface area contributed by atoms with E-state index in [1.807, 2.05) is 0 Å². The van der Waals surface area contributed by atoms with Crippen LogP contribution >= 0.6 is 11.6 Å². The fourth-order valence-electron chi connectivity index (χ4n) is 3.19. The summed E-state index contributed by atoms with van der Waals surface area (Å²) in [4.78, 5) is 42.9. The van der Waals surface area contributed by atoms with E-state index in [0.717, 1.165) is 12.8 Å². The first-order chi connectivity index (χ1) is 11.6. The standard InChI is InChI=1S/C16H20ClN3O4/c17-12-8-13(14(21)18-9-12)16(23)20-3-1-2-11(10-20)15(22)19-4-6-24-7-5-19/h8-9,11H,1-7,10H2,(H,18,21)/t11-/m0/s1. The van der Waals surface area contributed by atoms with E-state index in [-0.39, 0.29) is 23.3 Å². The van der Waals surface area contributed by atoms with E-state index >= 15 is 0 Å². The molecular formula is C16H20ClN3O4. The summed E-state index contributed by atoms with van der Waals surface area (Å²) in [5, 5.41) is 0.302. The van der Waals surface area contributed by atoms with Gasteiger partial charge in [-0.15, -0.1) is 0 Å². The number of rotatable bonds is 2. The molecule has 7 nitrogen and oxygen atoms in total. The third-order valence-corrected chi connectivity index (χ3v) is 4.70. The highest BCUT2D eigenvalue weighted by molar-refractivity contribution is 6.30. The van der Waals surface area contributed by atoms with Crippen LogP contribution in [0.15, 0.2) is 17.1 Å². The van der Waals surface area contributed by atoms with Crippen LogP contribution < -0.4 is 5.56 Å². The van der Waals surface area contributed by atoms with Crippen molar-refractivity contribution < 1.29 is 14.3 Å². The molecule has 2 saturated heterocycles. The number of hydrogen-bond acceptors (Lipinski definition) is 4. The molecule has 1 aromatic heterocycles. The number of pyridine rings is 1. The van der Waals surface area contributed by atoms with Gasteiger partial charge in [-0.1, -0.05) is 11.6 Å². The third-order valence-electron chi connectivity index (χ3n) is 4.48. The Bertz CT molecular complexity index is 684. The highest BCUT2D eigenvalue weighted by atomic mass is 35.5. The first-order valence-electron chi connectivity index (χ1n) is 8.10. The highest BCUT2D eigenvalue weighted by Crippen LogP contribution is 2.21.